The molecule has 12 heavy (non-hydrogen) atoms. The van der Waals surface area contributed by atoms with Crippen molar-refractivity contribution in [2.45, 2.75) is 19.5 Å². The summed E-state index contributed by atoms with van der Waals surface area (Å²) in [5.74, 6) is 0.192. The van der Waals surface area contributed by atoms with Gasteiger partial charge in [0.25, 0.3) is 0 Å². The molecule has 74 valence electrons. The Kier molecular flexibility index (Phi) is 4.08. The van der Waals surface area contributed by atoms with Crippen LogP contribution in [-0.2, 0) is 9.47 Å². The van der Waals surface area contributed by atoms with Gasteiger partial charge in [0.05, 0.1) is 6.61 Å². The van der Waals surface area contributed by atoms with E-state index in [1.807, 2.05) is 6.92 Å². The average molecular weight is 198 g/mol. The highest BCUT2D eigenvalue weighted by atomic mass is 28.4. The molecule has 0 saturated carbocycles. The fourth-order valence-electron chi connectivity index (χ4n) is 1.02. The minimum absolute atomic E-state index is 0.192. The average Bonchev–Trinajstić information content (AvgIpc) is 2.18. The highest BCUT2D eigenvalue weighted by molar-refractivity contribution is 6.63. The van der Waals surface area contributed by atoms with Crippen LogP contribution < -0.4 is 0 Å². The Morgan fingerprint density at radius 1 is 1.58 bits per heavy atom. The molecule has 0 amide bonds. The van der Waals surface area contributed by atoms with Crippen molar-refractivity contribution in [3.05, 3.63) is 0 Å². The quantitative estimate of drug-likeness (QED) is 0.334. The number of hydrogen-bond acceptors (Lipinski definition) is 4. The highest BCUT2D eigenvalue weighted by Crippen LogP contribution is 2.11. The lowest BCUT2D eigenvalue weighted by Crippen LogP contribution is -2.33. The van der Waals surface area contributed by atoms with Crippen LogP contribution in [0.25, 0.3) is 0 Å². The van der Waals surface area contributed by atoms with Gasteiger partial charge in [-0.3, -0.25) is 0 Å². The van der Waals surface area contributed by atoms with Gasteiger partial charge in [-0.1, -0.05) is 6.92 Å². The van der Waals surface area contributed by atoms with E-state index in [1.54, 1.807) is 13.7 Å². The number of methoxy groups -OCH3 is 1. The van der Waals surface area contributed by atoms with Gasteiger partial charge in [0.1, 0.15) is 6.79 Å². The van der Waals surface area contributed by atoms with Crippen molar-refractivity contribution >= 4 is 8.56 Å². The molecule has 0 aromatic heterocycles. The van der Waals surface area contributed by atoms with Crippen molar-refractivity contribution in [3.63, 3.8) is 0 Å². The summed E-state index contributed by atoms with van der Waals surface area (Å²) in [5, 5.41) is 0. The second-order valence-corrected chi connectivity index (χ2v) is 5.90. The first-order valence-electron chi connectivity index (χ1n) is 4.75. The molecular weight excluding hydrogens is 176 g/mol. The maximum Gasteiger partial charge on any atom is 0.329 e. The van der Waals surface area contributed by atoms with Crippen LogP contribution in [0, 0.1) is 5.92 Å². The SMILES string of the molecule is [3H]O[Si](C)(CC(C)COCOC)O[3H]. The zero-order valence-corrected chi connectivity index (χ0v) is 8.83. The third kappa shape index (κ3) is 8.16. The molecule has 0 aliphatic heterocycles. The molecule has 2 N–H and O–H groups in total. The Morgan fingerprint density at radius 3 is 2.75 bits per heavy atom. The first-order chi connectivity index (χ1) is 6.58. The summed E-state index contributed by atoms with van der Waals surface area (Å²) in [5.41, 5.74) is 0. The molecule has 0 aliphatic carbocycles. The smallest absolute Gasteiger partial charge is 0.329 e. The summed E-state index contributed by atoms with van der Waals surface area (Å²) < 4.78 is 23.5. The fourth-order valence-corrected chi connectivity index (χ4v) is 2.41. The van der Waals surface area contributed by atoms with E-state index in [2.05, 4.69) is 9.60 Å². The van der Waals surface area contributed by atoms with Crippen molar-refractivity contribution in [1.29, 1.82) is 2.86 Å². The standard InChI is InChI=1S/C7H18O4Si/c1-7(4-11-6-10-2)5-12(3,8)9/h7-9H,4-6H2,1-3H3/i8T,9T. The first kappa shape index (κ1) is 8.65. The van der Waals surface area contributed by atoms with E-state index in [0.717, 1.165) is 0 Å². The van der Waals surface area contributed by atoms with Gasteiger partial charge >= 0.3 is 8.56 Å². The van der Waals surface area contributed by atoms with Gasteiger partial charge in [-0.15, -0.1) is 0 Å². The molecule has 5 heteroatoms. The molecule has 0 heterocycles. The summed E-state index contributed by atoms with van der Waals surface area (Å²) in [6, 6.07) is 0.559. The monoisotopic (exact) mass is 198 g/mol. The molecule has 0 aromatic rings. The van der Waals surface area contributed by atoms with E-state index >= 15 is 0 Å². The first-order valence-corrected chi connectivity index (χ1v) is 6.45. The van der Waals surface area contributed by atoms with Crippen LogP contribution in [0.1, 0.15) is 6.92 Å². The molecule has 1 unspecified atom stereocenters. The molecule has 0 aromatic carbocycles. The largest absolute Gasteiger partial charge is 0.411 e. The molecule has 0 fully saturated rings. The van der Waals surface area contributed by atoms with Crippen LogP contribution in [0.3, 0.4) is 0 Å². The van der Waals surface area contributed by atoms with Crippen molar-refractivity contribution in [1.82, 2.24) is 0 Å². The summed E-state index contributed by atoms with van der Waals surface area (Å²) in [7, 11) is -1.05. The molecule has 0 radical (unpaired) electrons. The molecular formula is C7H18O4Si. The van der Waals surface area contributed by atoms with Gasteiger partial charge in [-0.25, -0.2) is 0 Å². The molecule has 0 spiro atoms. The van der Waals surface area contributed by atoms with Crippen LogP contribution in [0.4, 0.5) is 0 Å². The zero-order valence-electron chi connectivity index (χ0n) is 9.83. The molecule has 4 nitrogen and oxygen atoms in total. The van der Waals surface area contributed by atoms with E-state index < -0.39 is 8.56 Å². The van der Waals surface area contributed by atoms with E-state index in [0.29, 0.717) is 12.7 Å². The van der Waals surface area contributed by atoms with Gasteiger partial charge in [0.2, 0.25) is 0 Å². The van der Waals surface area contributed by atoms with Crippen molar-refractivity contribution in [3.8, 4) is 0 Å². The third-order valence-electron chi connectivity index (χ3n) is 1.32. The topological polar surface area (TPSA) is 58.9 Å². The highest BCUT2D eigenvalue weighted by Gasteiger charge is 2.24. The fraction of sp³-hybridized carbons (Fsp3) is 1.00. The van der Waals surface area contributed by atoms with E-state index in [-0.39, 0.29) is 12.7 Å². The Hall–Kier alpha value is 0.0569. The number of hydrogen-bond donors (Lipinski definition) is 2. The molecule has 0 bridgehead atoms. The molecule has 0 saturated heterocycles. The summed E-state index contributed by atoms with van der Waals surface area (Å²) in [6.07, 6.45) is 0. The van der Waals surface area contributed by atoms with Crippen LogP contribution in [0.2, 0.25) is 12.6 Å². The normalized spacial score (nSPS) is 16.9. The molecule has 1 atom stereocenters. The summed E-state index contributed by atoms with van der Waals surface area (Å²) >= 11 is 0. The maximum absolute atomic E-state index is 6.81. The Morgan fingerprint density at radius 2 is 2.25 bits per heavy atom. The van der Waals surface area contributed by atoms with E-state index in [1.165, 1.54) is 0 Å². The summed E-state index contributed by atoms with van der Waals surface area (Å²) in [6.45, 7) is 4.41. The van der Waals surface area contributed by atoms with Crippen molar-refractivity contribution in [2.75, 3.05) is 20.5 Å². The van der Waals surface area contributed by atoms with Crippen LogP contribution >= 0.6 is 0 Å². The molecule has 0 rings (SSSR count). The Balaban J connectivity index is 3.73. The van der Waals surface area contributed by atoms with Gasteiger partial charge in [0, 0.05) is 7.11 Å². The van der Waals surface area contributed by atoms with Crippen LogP contribution in [0.5, 0.6) is 0 Å². The lowest BCUT2D eigenvalue weighted by Gasteiger charge is -2.17. The van der Waals surface area contributed by atoms with Gasteiger partial charge in [-0.2, -0.15) is 0 Å². The van der Waals surface area contributed by atoms with Crippen molar-refractivity contribution < 1.29 is 19.1 Å². The number of rotatable bonds is 8. The van der Waals surface area contributed by atoms with Gasteiger partial charge < -0.3 is 19.1 Å². The molecule has 0 aliphatic rings. The minimum Gasteiger partial charge on any atom is -0.411 e. The summed E-state index contributed by atoms with van der Waals surface area (Å²) in [4.78, 5) is 8.91. The van der Waals surface area contributed by atoms with Crippen LogP contribution in [0.15, 0.2) is 0 Å². The number of ether oxygens (including phenoxy) is 2. The second kappa shape index (κ2) is 5.66. The predicted octanol–water partition coefficient (Wildman–Crippen LogP) is 0.300. The lowest BCUT2D eigenvalue weighted by molar-refractivity contribution is -0.0403. The third-order valence-corrected chi connectivity index (χ3v) is 2.76. The lowest BCUT2D eigenvalue weighted by atomic mass is 10.2. The second-order valence-electron chi connectivity index (χ2n) is 3.22. The Labute approximate surface area is 77.4 Å². The predicted molar refractivity (Wildman–Crippen MR) is 47.9 cm³/mol. The zero-order chi connectivity index (χ0) is 11.0. The van der Waals surface area contributed by atoms with Gasteiger partial charge in [0.15, 0.2) is 2.86 Å². The van der Waals surface area contributed by atoms with Crippen LogP contribution in [-0.4, -0.2) is 41.5 Å². The maximum atomic E-state index is 6.81. The Bertz CT molecular complexity index is 146. The van der Waals surface area contributed by atoms with E-state index in [9.17, 15) is 0 Å². The minimum atomic E-state index is -2.61. The van der Waals surface area contributed by atoms with E-state index in [4.69, 9.17) is 12.3 Å². The van der Waals surface area contributed by atoms with Gasteiger partial charge in [-0.05, 0) is 18.5 Å². The van der Waals surface area contributed by atoms with Crippen molar-refractivity contribution in [2.24, 2.45) is 5.92 Å².